The highest BCUT2D eigenvalue weighted by Gasteiger charge is 2.32. The highest BCUT2D eigenvalue weighted by Crippen LogP contribution is 2.31. The van der Waals surface area contributed by atoms with E-state index in [-0.39, 0.29) is 29.6 Å². The predicted octanol–water partition coefficient (Wildman–Crippen LogP) is 3.19. The minimum atomic E-state index is -0.0554. The molecular formula is C18H29ClN2O. The lowest BCUT2D eigenvalue weighted by molar-refractivity contribution is -0.126. The number of halogens is 1. The quantitative estimate of drug-likeness (QED) is 0.874. The molecule has 1 saturated carbocycles. The summed E-state index contributed by atoms with van der Waals surface area (Å²) in [6.07, 6.45) is 3.20. The second-order valence-electron chi connectivity index (χ2n) is 7.00. The smallest absolute Gasteiger partial charge is 0.223 e. The Bertz CT molecular complexity index is 484. The van der Waals surface area contributed by atoms with Crippen LogP contribution < -0.4 is 11.1 Å². The summed E-state index contributed by atoms with van der Waals surface area (Å²) in [6, 6.07) is 8.56. The number of carbonyl (C=O) groups is 1. The van der Waals surface area contributed by atoms with Gasteiger partial charge in [-0.3, -0.25) is 4.79 Å². The second kappa shape index (κ2) is 7.98. The monoisotopic (exact) mass is 324 g/mol. The van der Waals surface area contributed by atoms with E-state index in [1.807, 2.05) is 0 Å². The average molecular weight is 325 g/mol. The highest BCUT2D eigenvalue weighted by molar-refractivity contribution is 5.85. The molecular weight excluding hydrogens is 296 g/mol. The van der Waals surface area contributed by atoms with Gasteiger partial charge in [0.05, 0.1) is 0 Å². The van der Waals surface area contributed by atoms with E-state index >= 15 is 0 Å². The van der Waals surface area contributed by atoms with Crippen molar-refractivity contribution in [3.05, 3.63) is 35.4 Å². The van der Waals surface area contributed by atoms with Gasteiger partial charge in [-0.2, -0.15) is 0 Å². The molecule has 0 heterocycles. The lowest BCUT2D eigenvalue weighted by Gasteiger charge is -2.27. The van der Waals surface area contributed by atoms with E-state index in [1.165, 1.54) is 11.1 Å². The molecule has 2 atom stereocenters. The van der Waals surface area contributed by atoms with Gasteiger partial charge in [0.25, 0.3) is 0 Å². The van der Waals surface area contributed by atoms with Gasteiger partial charge in [0.2, 0.25) is 5.91 Å². The van der Waals surface area contributed by atoms with E-state index in [4.69, 9.17) is 5.73 Å². The maximum atomic E-state index is 12.4. The Morgan fingerprint density at radius 2 is 1.91 bits per heavy atom. The van der Waals surface area contributed by atoms with E-state index < -0.39 is 0 Å². The topological polar surface area (TPSA) is 55.1 Å². The van der Waals surface area contributed by atoms with Crippen molar-refractivity contribution < 1.29 is 4.79 Å². The Hall–Kier alpha value is -1.06. The van der Waals surface area contributed by atoms with Crippen LogP contribution in [0.1, 0.15) is 44.2 Å². The first kappa shape index (κ1) is 19.0. The van der Waals surface area contributed by atoms with Crippen molar-refractivity contribution in [3.63, 3.8) is 0 Å². The fourth-order valence-electron chi connectivity index (χ4n) is 3.21. The zero-order valence-corrected chi connectivity index (χ0v) is 14.7. The van der Waals surface area contributed by atoms with Crippen molar-refractivity contribution in [1.29, 1.82) is 0 Å². The molecule has 0 aliphatic heterocycles. The molecule has 0 spiro atoms. The Kier molecular flexibility index (Phi) is 6.89. The van der Waals surface area contributed by atoms with E-state index in [2.05, 4.69) is 50.4 Å². The van der Waals surface area contributed by atoms with Gasteiger partial charge in [0, 0.05) is 17.9 Å². The summed E-state index contributed by atoms with van der Waals surface area (Å²) in [7, 11) is 0. The van der Waals surface area contributed by atoms with Crippen molar-refractivity contribution >= 4 is 18.3 Å². The molecule has 2 rings (SSSR count). The van der Waals surface area contributed by atoms with Gasteiger partial charge in [-0.15, -0.1) is 12.4 Å². The van der Waals surface area contributed by atoms with Crippen molar-refractivity contribution in [2.75, 3.05) is 13.1 Å². The third-order valence-electron chi connectivity index (χ3n) is 4.84. The summed E-state index contributed by atoms with van der Waals surface area (Å²) in [6.45, 7) is 7.73. The number of rotatable bonds is 5. The summed E-state index contributed by atoms with van der Waals surface area (Å²) < 4.78 is 0. The van der Waals surface area contributed by atoms with Crippen LogP contribution in [-0.4, -0.2) is 19.0 Å². The number of nitrogens with one attached hydrogen (secondary N) is 1. The maximum Gasteiger partial charge on any atom is 0.223 e. The Morgan fingerprint density at radius 1 is 1.27 bits per heavy atom. The lowest BCUT2D eigenvalue weighted by atomic mass is 9.84. The van der Waals surface area contributed by atoms with Crippen LogP contribution in [0.4, 0.5) is 0 Å². The molecule has 1 aliphatic rings. The largest absolute Gasteiger partial charge is 0.355 e. The van der Waals surface area contributed by atoms with Gasteiger partial charge in [-0.1, -0.05) is 50.1 Å². The number of hydrogen-bond donors (Lipinski definition) is 2. The second-order valence-corrected chi connectivity index (χ2v) is 7.00. The van der Waals surface area contributed by atoms with E-state index in [1.54, 1.807) is 0 Å². The third kappa shape index (κ3) is 4.47. The van der Waals surface area contributed by atoms with Gasteiger partial charge < -0.3 is 11.1 Å². The van der Waals surface area contributed by atoms with Crippen LogP contribution in [0.5, 0.6) is 0 Å². The van der Waals surface area contributed by atoms with Crippen molar-refractivity contribution in [2.45, 2.75) is 45.4 Å². The molecule has 1 amide bonds. The zero-order chi connectivity index (χ0) is 15.5. The van der Waals surface area contributed by atoms with Gasteiger partial charge in [0.15, 0.2) is 0 Å². The zero-order valence-electron chi connectivity index (χ0n) is 13.9. The molecule has 0 aromatic heterocycles. The number of hydrogen-bond acceptors (Lipinski definition) is 2. The number of amides is 1. The molecule has 1 fully saturated rings. The number of nitrogens with two attached hydrogens (primary N) is 1. The average Bonchev–Trinajstić information content (AvgIpc) is 2.94. The van der Waals surface area contributed by atoms with E-state index in [0.29, 0.717) is 19.0 Å². The van der Waals surface area contributed by atoms with Crippen LogP contribution in [0.25, 0.3) is 0 Å². The summed E-state index contributed by atoms with van der Waals surface area (Å²) >= 11 is 0. The third-order valence-corrected chi connectivity index (χ3v) is 4.84. The number of benzene rings is 1. The normalized spacial score (nSPS) is 21.3. The first-order chi connectivity index (χ1) is 9.94. The van der Waals surface area contributed by atoms with E-state index in [9.17, 15) is 4.79 Å². The minimum absolute atomic E-state index is 0. The molecule has 1 aliphatic carbocycles. The van der Waals surface area contributed by atoms with Crippen molar-refractivity contribution in [2.24, 2.45) is 17.6 Å². The standard InChI is InChI=1S/C18H28N2O.ClH/c1-13-7-9-15(10-8-13)18(2,3)12-20-17(21)16-6-4-5-14(16)11-19;/h7-10,14,16H,4-6,11-12,19H2,1-3H3,(H,20,21);1H/t14-,16-;/m1./s1. The maximum absolute atomic E-state index is 12.4. The number of carbonyl (C=O) groups excluding carboxylic acids is 1. The molecule has 22 heavy (non-hydrogen) atoms. The molecule has 0 unspecified atom stereocenters. The molecule has 1 aromatic carbocycles. The first-order valence-corrected chi connectivity index (χ1v) is 7.99. The van der Waals surface area contributed by atoms with Gasteiger partial charge in [-0.05, 0) is 37.8 Å². The molecule has 4 heteroatoms. The summed E-state index contributed by atoms with van der Waals surface area (Å²) in [5, 5.41) is 3.15. The molecule has 0 radical (unpaired) electrons. The van der Waals surface area contributed by atoms with Gasteiger partial charge in [-0.25, -0.2) is 0 Å². The van der Waals surface area contributed by atoms with Crippen molar-refractivity contribution in [3.8, 4) is 0 Å². The van der Waals surface area contributed by atoms with Gasteiger partial charge >= 0.3 is 0 Å². The molecule has 0 saturated heterocycles. The first-order valence-electron chi connectivity index (χ1n) is 7.99. The van der Waals surface area contributed by atoms with E-state index in [0.717, 1.165) is 19.3 Å². The summed E-state index contributed by atoms with van der Waals surface area (Å²) in [4.78, 5) is 12.4. The molecule has 0 bridgehead atoms. The Balaban J connectivity index is 0.00000242. The molecule has 124 valence electrons. The molecule has 3 nitrogen and oxygen atoms in total. The van der Waals surface area contributed by atoms with Crippen LogP contribution in [-0.2, 0) is 10.2 Å². The lowest BCUT2D eigenvalue weighted by Crippen LogP contribution is -2.41. The van der Waals surface area contributed by atoms with Crippen LogP contribution in [0.3, 0.4) is 0 Å². The van der Waals surface area contributed by atoms with Crippen LogP contribution in [0.15, 0.2) is 24.3 Å². The van der Waals surface area contributed by atoms with Crippen LogP contribution in [0.2, 0.25) is 0 Å². The SMILES string of the molecule is Cc1ccc(C(C)(C)CNC(=O)[C@@H]2CCC[C@@H]2CN)cc1.Cl. The van der Waals surface area contributed by atoms with Crippen molar-refractivity contribution in [1.82, 2.24) is 5.32 Å². The summed E-state index contributed by atoms with van der Waals surface area (Å²) in [5.74, 6) is 0.666. The fraction of sp³-hybridized carbons (Fsp3) is 0.611. The Morgan fingerprint density at radius 3 is 2.50 bits per heavy atom. The minimum Gasteiger partial charge on any atom is -0.355 e. The summed E-state index contributed by atoms with van der Waals surface area (Å²) in [5.41, 5.74) is 8.23. The molecule has 1 aromatic rings. The highest BCUT2D eigenvalue weighted by atomic mass is 35.5. The molecule has 3 N–H and O–H groups in total. The van der Waals surface area contributed by atoms with Crippen LogP contribution >= 0.6 is 12.4 Å². The predicted molar refractivity (Wildman–Crippen MR) is 94.3 cm³/mol. The number of aryl methyl sites for hydroxylation is 1. The fourth-order valence-corrected chi connectivity index (χ4v) is 3.21. The van der Waals surface area contributed by atoms with Crippen LogP contribution in [0, 0.1) is 18.8 Å². The van der Waals surface area contributed by atoms with Gasteiger partial charge in [0.1, 0.15) is 0 Å². The Labute approximate surface area is 140 Å².